The zero-order valence-corrected chi connectivity index (χ0v) is 12.5. The second kappa shape index (κ2) is 4.88. The van der Waals surface area contributed by atoms with Gasteiger partial charge in [0.15, 0.2) is 0 Å². The Morgan fingerprint density at radius 2 is 1.65 bits per heavy atom. The van der Waals surface area contributed by atoms with E-state index >= 15 is 0 Å². The fourth-order valence-electron chi connectivity index (χ4n) is 2.19. The van der Waals surface area contributed by atoms with Gasteiger partial charge in [-0.3, -0.25) is 0 Å². The third kappa shape index (κ3) is 2.46. The molecule has 5 heteroatoms. The fraction of sp³-hybridized carbons (Fsp3) is 0.200. The third-order valence-corrected chi connectivity index (χ3v) is 5.59. The van der Waals surface area contributed by atoms with Crippen LogP contribution in [0, 0.1) is 6.92 Å². The zero-order chi connectivity index (χ0) is 14.3. The number of benzene rings is 2. The molecular weight excluding hydrogens is 294 g/mol. The maximum absolute atomic E-state index is 12.5. The van der Waals surface area contributed by atoms with E-state index < -0.39 is 10.0 Å². The highest BCUT2D eigenvalue weighted by Gasteiger charge is 2.45. The molecule has 1 aliphatic heterocycles. The van der Waals surface area contributed by atoms with Gasteiger partial charge in [0, 0.05) is 11.6 Å². The van der Waals surface area contributed by atoms with Gasteiger partial charge in [-0.25, -0.2) is 8.42 Å². The average Bonchev–Trinajstić information content (AvgIpc) is 3.21. The molecule has 1 fully saturated rings. The molecule has 2 atom stereocenters. The molecule has 0 N–H and O–H groups in total. The van der Waals surface area contributed by atoms with Crippen molar-refractivity contribution in [2.75, 3.05) is 6.54 Å². The molecule has 2 aromatic carbocycles. The minimum absolute atomic E-state index is 0.0708. The van der Waals surface area contributed by atoms with Crippen LogP contribution < -0.4 is 0 Å². The average molecular weight is 308 g/mol. The standard InChI is InChI=1S/C15H14ClNO2S/c1-11-2-8-14(9-3-11)20(18,19)17-10-15(17)12-4-6-13(16)7-5-12/h2-9,15H,10H2,1H3/t15-,17?/m1/s1. The third-order valence-electron chi connectivity index (χ3n) is 3.45. The first-order valence-electron chi connectivity index (χ1n) is 6.32. The molecule has 1 aliphatic rings. The van der Waals surface area contributed by atoms with E-state index in [1.165, 1.54) is 4.31 Å². The summed E-state index contributed by atoms with van der Waals surface area (Å²) in [7, 11) is -3.39. The number of nitrogens with zero attached hydrogens (tertiary/aromatic N) is 1. The smallest absolute Gasteiger partial charge is 0.207 e. The molecule has 0 bridgehead atoms. The van der Waals surface area contributed by atoms with Gasteiger partial charge in [0.2, 0.25) is 10.0 Å². The highest BCUT2D eigenvalue weighted by atomic mass is 35.5. The molecular formula is C15H14ClNO2S. The summed E-state index contributed by atoms with van der Waals surface area (Å²) in [5.41, 5.74) is 2.02. The van der Waals surface area contributed by atoms with Crippen molar-refractivity contribution < 1.29 is 8.42 Å². The predicted octanol–water partition coefficient (Wildman–Crippen LogP) is 3.39. The molecule has 2 aromatic rings. The lowest BCUT2D eigenvalue weighted by Crippen LogP contribution is -2.12. The van der Waals surface area contributed by atoms with Crippen molar-refractivity contribution in [1.29, 1.82) is 0 Å². The summed E-state index contributed by atoms with van der Waals surface area (Å²) in [6.07, 6.45) is 0. The Morgan fingerprint density at radius 3 is 2.25 bits per heavy atom. The summed E-state index contributed by atoms with van der Waals surface area (Å²) in [4.78, 5) is 0.347. The van der Waals surface area contributed by atoms with E-state index in [1.54, 1.807) is 24.3 Å². The molecule has 1 saturated heterocycles. The van der Waals surface area contributed by atoms with Crippen molar-refractivity contribution in [3.63, 3.8) is 0 Å². The quantitative estimate of drug-likeness (QED) is 0.815. The normalized spacial score (nSPS) is 21.7. The molecule has 0 aromatic heterocycles. The number of halogens is 1. The second-order valence-electron chi connectivity index (χ2n) is 4.96. The number of aryl methyl sites for hydroxylation is 1. The minimum Gasteiger partial charge on any atom is -0.207 e. The SMILES string of the molecule is Cc1ccc(S(=O)(=O)N2C[C@@H]2c2ccc(Cl)cc2)cc1. The van der Waals surface area contributed by atoms with Gasteiger partial charge in [-0.2, -0.15) is 4.31 Å². The molecule has 1 unspecified atom stereocenters. The van der Waals surface area contributed by atoms with Crippen molar-refractivity contribution in [3.8, 4) is 0 Å². The molecule has 20 heavy (non-hydrogen) atoms. The van der Waals surface area contributed by atoms with Crippen molar-refractivity contribution in [2.45, 2.75) is 17.9 Å². The van der Waals surface area contributed by atoms with Gasteiger partial charge in [-0.15, -0.1) is 0 Å². The van der Waals surface area contributed by atoms with Crippen molar-refractivity contribution in [1.82, 2.24) is 4.31 Å². The van der Waals surface area contributed by atoms with Gasteiger partial charge in [0.05, 0.1) is 10.9 Å². The lowest BCUT2D eigenvalue weighted by molar-refractivity contribution is 0.554. The summed E-state index contributed by atoms with van der Waals surface area (Å²) >= 11 is 5.84. The zero-order valence-electron chi connectivity index (χ0n) is 11.0. The fourth-order valence-corrected chi connectivity index (χ4v) is 3.86. The van der Waals surface area contributed by atoms with Gasteiger partial charge in [0.25, 0.3) is 0 Å². The molecule has 0 saturated carbocycles. The van der Waals surface area contributed by atoms with E-state index in [1.807, 2.05) is 31.2 Å². The van der Waals surface area contributed by atoms with Crippen molar-refractivity contribution in [3.05, 3.63) is 64.7 Å². The van der Waals surface area contributed by atoms with E-state index in [-0.39, 0.29) is 6.04 Å². The Balaban J connectivity index is 1.84. The maximum Gasteiger partial charge on any atom is 0.243 e. The summed E-state index contributed by atoms with van der Waals surface area (Å²) in [6, 6.07) is 14.2. The van der Waals surface area contributed by atoms with Crippen LogP contribution in [0.25, 0.3) is 0 Å². The number of hydrogen-bond acceptors (Lipinski definition) is 2. The Bertz CT molecular complexity index is 723. The Labute approximate surface area is 123 Å². The monoisotopic (exact) mass is 307 g/mol. The lowest BCUT2D eigenvalue weighted by Gasteiger charge is -2.07. The molecule has 104 valence electrons. The van der Waals surface area contributed by atoms with E-state index in [9.17, 15) is 8.42 Å². The van der Waals surface area contributed by atoms with Gasteiger partial charge < -0.3 is 0 Å². The van der Waals surface area contributed by atoms with Crippen LogP contribution in [-0.2, 0) is 10.0 Å². The van der Waals surface area contributed by atoms with Crippen LogP contribution in [0.15, 0.2) is 53.4 Å². The molecule has 0 aliphatic carbocycles. The summed E-state index contributed by atoms with van der Waals surface area (Å²) in [5.74, 6) is 0. The number of hydrogen-bond donors (Lipinski definition) is 0. The van der Waals surface area contributed by atoms with Crippen LogP contribution in [0.3, 0.4) is 0 Å². The van der Waals surface area contributed by atoms with Crippen LogP contribution in [-0.4, -0.2) is 19.3 Å². The van der Waals surface area contributed by atoms with Crippen LogP contribution in [0.2, 0.25) is 5.02 Å². The Kier molecular flexibility index (Phi) is 3.32. The van der Waals surface area contributed by atoms with Crippen molar-refractivity contribution >= 4 is 21.6 Å². The van der Waals surface area contributed by atoms with Gasteiger partial charge in [0.1, 0.15) is 0 Å². The summed E-state index contributed by atoms with van der Waals surface area (Å²) in [5, 5.41) is 0.655. The van der Waals surface area contributed by atoms with Crippen LogP contribution in [0.5, 0.6) is 0 Å². The van der Waals surface area contributed by atoms with E-state index in [2.05, 4.69) is 0 Å². The molecule has 0 spiro atoms. The van der Waals surface area contributed by atoms with Crippen LogP contribution in [0.4, 0.5) is 0 Å². The molecule has 3 rings (SSSR count). The number of rotatable bonds is 3. The maximum atomic E-state index is 12.5. The second-order valence-corrected chi connectivity index (χ2v) is 7.28. The predicted molar refractivity (Wildman–Crippen MR) is 79.3 cm³/mol. The topological polar surface area (TPSA) is 37.1 Å². The van der Waals surface area contributed by atoms with E-state index in [0.29, 0.717) is 16.5 Å². The molecule has 0 amide bonds. The molecule has 3 nitrogen and oxygen atoms in total. The van der Waals surface area contributed by atoms with Gasteiger partial charge in [-0.1, -0.05) is 41.4 Å². The first-order valence-corrected chi connectivity index (χ1v) is 8.14. The van der Waals surface area contributed by atoms with Gasteiger partial charge in [-0.05, 0) is 36.8 Å². The lowest BCUT2D eigenvalue weighted by atomic mass is 10.2. The Morgan fingerprint density at radius 1 is 1.05 bits per heavy atom. The van der Waals surface area contributed by atoms with Crippen molar-refractivity contribution in [2.24, 2.45) is 0 Å². The first-order chi connectivity index (χ1) is 9.48. The minimum atomic E-state index is -3.39. The van der Waals surface area contributed by atoms with E-state index in [0.717, 1.165) is 11.1 Å². The van der Waals surface area contributed by atoms with Gasteiger partial charge >= 0.3 is 0 Å². The highest BCUT2D eigenvalue weighted by Crippen LogP contribution is 2.40. The van der Waals surface area contributed by atoms with Crippen LogP contribution >= 0.6 is 11.6 Å². The number of sulfonamides is 1. The van der Waals surface area contributed by atoms with E-state index in [4.69, 9.17) is 11.6 Å². The summed E-state index contributed by atoms with van der Waals surface area (Å²) in [6.45, 7) is 2.46. The molecule has 1 heterocycles. The Hall–Kier alpha value is -1.36. The molecule has 0 radical (unpaired) electrons. The highest BCUT2D eigenvalue weighted by molar-refractivity contribution is 7.89. The van der Waals surface area contributed by atoms with Crippen LogP contribution in [0.1, 0.15) is 17.2 Å². The first kappa shape index (κ1) is 13.6. The largest absolute Gasteiger partial charge is 0.243 e. The summed E-state index contributed by atoms with van der Waals surface area (Å²) < 4.78 is 26.4.